The van der Waals surface area contributed by atoms with Gasteiger partial charge in [-0.3, -0.25) is 4.90 Å². The van der Waals surface area contributed by atoms with Crippen LogP contribution in [0.3, 0.4) is 0 Å². The quantitative estimate of drug-likeness (QED) is 0.738. The normalized spacial score (nSPS) is 24.5. The van der Waals surface area contributed by atoms with Crippen LogP contribution in [-0.4, -0.2) is 38.6 Å². The zero-order valence-corrected chi connectivity index (χ0v) is 15.7. The first-order valence-electron chi connectivity index (χ1n) is 9.99. The smallest absolute Gasteiger partial charge is 0.334 e. The van der Waals surface area contributed by atoms with Crippen molar-refractivity contribution in [3.63, 3.8) is 0 Å². The molecule has 2 aliphatic rings. The summed E-state index contributed by atoms with van der Waals surface area (Å²) in [5.74, 6) is 0. The summed E-state index contributed by atoms with van der Waals surface area (Å²) in [7, 11) is 0. The lowest BCUT2D eigenvalue weighted by molar-refractivity contribution is 0.111. The molecule has 2 aliphatic heterocycles. The second-order valence-corrected chi connectivity index (χ2v) is 7.94. The monoisotopic (exact) mass is 376 g/mol. The van der Waals surface area contributed by atoms with Gasteiger partial charge in [0.1, 0.15) is 0 Å². The van der Waals surface area contributed by atoms with Crippen molar-refractivity contribution in [3.05, 3.63) is 70.6 Å². The number of nitrogens with zero attached hydrogens (tertiary/aromatic N) is 2. The highest BCUT2D eigenvalue weighted by Crippen LogP contribution is 2.36. The molecule has 28 heavy (non-hydrogen) atoms. The Morgan fingerprint density at radius 1 is 1.00 bits per heavy atom. The number of aromatic nitrogens is 2. The van der Waals surface area contributed by atoms with E-state index in [2.05, 4.69) is 39.5 Å². The molecule has 2 N–H and O–H groups in total. The van der Waals surface area contributed by atoms with Crippen molar-refractivity contribution in [2.45, 2.75) is 50.4 Å². The van der Waals surface area contributed by atoms with Gasteiger partial charge in [0.15, 0.2) is 0 Å². The average Bonchev–Trinajstić information content (AvgIpc) is 3.14. The first kappa shape index (κ1) is 17.3. The number of para-hydroxylation sites is 2. The van der Waals surface area contributed by atoms with E-state index in [0.29, 0.717) is 23.1 Å². The first-order chi connectivity index (χ1) is 13.7. The van der Waals surface area contributed by atoms with Crippen molar-refractivity contribution < 1.29 is 4.79 Å². The molecule has 2 bridgehead atoms. The van der Waals surface area contributed by atoms with Gasteiger partial charge in [0.2, 0.25) is 0 Å². The van der Waals surface area contributed by atoms with E-state index < -0.39 is 0 Å². The molecule has 2 saturated heterocycles. The minimum atomic E-state index is -0.386. The summed E-state index contributed by atoms with van der Waals surface area (Å²) in [5.41, 5.74) is 2.25. The number of amides is 1. The van der Waals surface area contributed by atoms with E-state index in [4.69, 9.17) is 0 Å². The molecular weight excluding hydrogens is 352 g/mol. The van der Waals surface area contributed by atoms with Crippen LogP contribution in [0.4, 0.5) is 4.79 Å². The molecule has 3 aromatic rings. The largest absolute Gasteiger partial charge is 0.334 e. The lowest BCUT2D eigenvalue weighted by Crippen LogP contribution is -2.51. The van der Waals surface area contributed by atoms with Crippen LogP contribution in [0.15, 0.2) is 59.4 Å². The number of benzene rings is 2. The number of carbonyl (C=O) groups excluding carboxylic acids is 1. The molecule has 2 unspecified atom stereocenters. The molecule has 2 fully saturated rings. The van der Waals surface area contributed by atoms with E-state index in [0.717, 1.165) is 19.4 Å². The third-order valence-corrected chi connectivity index (χ3v) is 6.21. The summed E-state index contributed by atoms with van der Waals surface area (Å²) < 4.78 is 1.22. The minimum absolute atomic E-state index is 0.109. The summed E-state index contributed by atoms with van der Waals surface area (Å²) in [6.45, 7) is 0.971. The Morgan fingerprint density at radius 2 is 1.68 bits per heavy atom. The third kappa shape index (κ3) is 3.03. The second kappa shape index (κ2) is 6.95. The minimum Gasteiger partial charge on any atom is -0.334 e. The zero-order valence-electron chi connectivity index (χ0n) is 15.7. The van der Waals surface area contributed by atoms with Crippen LogP contribution >= 0.6 is 0 Å². The zero-order chi connectivity index (χ0) is 19.1. The Kier molecular flexibility index (Phi) is 4.28. The Labute approximate surface area is 163 Å². The number of carbonyl (C=O) groups is 1. The van der Waals surface area contributed by atoms with Crippen LogP contribution in [0.5, 0.6) is 0 Å². The topological polar surface area (TPSA) is 70.1 Å². The SMILES string of the molecule is O=C(NC1CC2CCC(C1)N2Cc1ccccc1)n1c(=O)[nH]c2ccccc21. The van der Waals surface area contributed by atoms with Crippen molar-refractivity contribution >= 4 is 17.1 Å². The van der Waals surface area contributed by atoms with Crippen LogP contribution < -0.4 is 11.0 Å². The summed E-state index contributed by atoms with van der Waals surface area (Å²) in [4.78, 5) is 30.4. The first-order valence-corrected chi connectivity index (χ1v) is 9.99. The van der Waals surface area contributed by atoms with Gasteiger partial charge in [-0.25, -0.2) is 14.2 Å². The number of H-pyrrole nitrogens is 1. The maximum atomic E-state index is 12.8. The van der Waals surface area contributed by atoms with Gasteiger partial charge in [0, 0.05) is 24.7 Å². The van der Waals surface area contributed by atoms with Gasteiger partial charge in [-0.15, -0.1) is 0 Å². The fourth-order valence-electron chi connectivity index (χ4n) is 4.94. The summed E-state index contributed by atoms with van der Waals surface area (Å²) in [5, 5.41) is 3.12. The van der Waals surface area contributed by atoms with Gasteiger partial charge in [-0.05, 0) is 43.4 Å². The number of rotatable bonds is 3. The van der Waals surface area contributed by atoms with Crippen molar-refractivity contribution in [2.24, 2.45) is 0 Å². The maximum absolute atomic E-state index is 12.8. The van der Waals surface area contributed by atoms with Gasteiger partial charge in [0.25, 0.3) is 0 Å². The Balaban J connectivity index is 1.30. The average molecular weight is 376 g/mol. The van der Waals surface area contributed by atoms with Gasteiger partial charge >= 0.3 is 11.7 Å². The molecule has 1 amide bonds. The molecular formula is C22H24N4O2. The predicted octanol–water partition coefficient (Wildman–Crippen LogP) is 3.08. The lowest BCUT2D eigenvalue weighted by atomic mass is 9.96. The molecule has 5 rings (SSSR count). The highest BCUT2D eigenvalue weighted by molar-refractivity contribution is 5.89. The van der Waals surface area contributed by atoms with Crippen molar-refractivity contribution in [3.8, 4) is 0 Å². The summed E-state index contributed by atoms with van der Waals surface area (Å²) >= 11 is 0. The van der Waals surface area contributed by atoms with Crippen LogP contribution in [-0.2, 0) is 6.54 Å². The van der Waals surface area contributed by atoms with E-state index >= 15 is 0 Å². The van der Waals surface area contributed by atoms with Crippen LogP contribution in [0.1, 0.15) is 31.2 Å². The summed E-state index contributed by atoms with van der Waals surface area (Å²) in [6, 6.07) is 18.6. The molecule has 144 valence electrons. The van der Waals surface area contributed by atoms with E-state index in [-0.39, 0.29) is 17.8 Å². The molecule has 1 aromatic heterocycles. The van der Waals surface area contributed by atoms with E-state index in [1.165, 1.54) is 23.0 Å². The van der Waals surface area contributed by atoms with E-state index in [9.17, 15) is 9.59 Å². The fraction of sp³-hybridized carbons (Fsp3) is 0.364. The van der Waals surface area contributed by atoms with Gasteiger partial charge in [-0.1, -0.05) is 42.5 Å². The number of fused-ring (bicyclic) bond motifs is 3. The molecule has 0 aliphatic carbocycles. The number of nitrogens with one attached hydrogen (secondary N) is 2. The number of aromatic amines is 1. The molecule has 0 radical (unpaired) electrons. The predicted molar refractivity (Wildman–Crippen MR) is 108 cm³/mol. The highest BCUT2D eigenvalue weighted by Gasteiger charge is 2.41. The molecule has 0 saturated carbocycles. The van der Waals surface area contributed by atoms with E-state index in [1.54, 1.807) is 6.07 Å². The second-order valence-electron chi connectivity index (χ2n) is 7.94. The molecule has 2 aromatic carbocycles. The van der Waals surface area contributed by atoms with Gasteiger partial charge < -0.3 is 10.3 Å². The molecule has 2 atom stereocenters. The maximum Gasteiger partial charge on any atom is 0.334 e. The molecule has 6 nitrogen and oxygen atoms in total. The standard InChI is InChI=1S/C22H24N4O2/c27-21(26-20-9-5-4-8-19(20)24-22(26)28)23-16-12-17-10-11-18(13-16)25(17)14-15-6-2-1-3-7-15/h1-9,16-18H,10-14H2,(H,23,27)(H,24,28). The van der Waals surface area contributed by atoms with Crippen molar-refractivity contribution in [1.82, 2.24) is 19.8 Å². The van der Waals surface area contributed by atoms with Gasteiger partial charge in [0.05, 0.1) is 11.0 Å². The highest BCUT2D eigenvalue weighted by atomic mass is 16.2. The molecule has 3 heterocycles. The number of hydrogen-bond acceptors (Lipinski definition) is 3. The van der Waals surface area contributed by atoms with Crippen LogP contribution in [0, 0.1) is 0 Å². The lowest BCUT2D eigenvalue weighted by Gasteiger charge is -2.39. The van der Waals surface area contributed by atoms with Crippen molar-refractivity contribution in [1.29, 1.82) is 0 Å². The van der Waals surface area contributed by atoms with Gasteiger partial charge in [-0.2, -0.15) is 0 Å². The molecule has 0 spiro atoms. The number of imidazole rings is 1. The van der Waals surface area contributed by atoms with Crippen LogP contribution in [0.2, 0.25) is 0 Å². The Bertz CT molecular complexity index is 1040. The Morgan fingerprint density at radius 3 is 2.43 bits per heavy atom. The fourth-order valence-corrected chi connectivity index (χ4v) is 4.94. The van der Waals surface area contributed by atoms with Crippen molar-refractivity contribution in [2.75, 3.05) is 0 Å². The Hall–Kier alpha value is -2.86. The van der Waals surface area contributed by atoms with E-state index in [1.807, 2.05) is 24.3 Å². The molecule has 6 heteroatoms. The number of piperidine rings is 1. The summed E-state index contributed by atoms with van der Waals surface area (Å²) in [6.07, 6.45) is 4.23. The third-order valence-electron chi connectivity index (χ3n) is 6.21. The number of hydrogen-bond donors (Lipinski definition) is 2. The van der Waals surface area contributed by atoms with Crippen LogP contribution in [0.25, 0.3) is 11.0 Å².